The summed E-state index contributed by atoms with van der Waals surface area (Å²) in [5.74, 6) is 4.09. The number of carbonyl (C=O) groups excluding carboxylic acids is 2. The highest BCUT2D eigenvalue weighted by molar-refractivity contribution is 7.91. The van der Waals surface area contributed by atoms with Crippen molar-refractivity contribution in [2.45, 2.75) is 105 Å². The van der Waals surface area contributed by atoms with Gasteiger partial charge in [0.25, 0.3) is 0 Å². The normalized spacial score (nSPS) is 42.1. The Kier molecular flexibility index (Phi) is 9.88. The zero-order valence-corrected chi connectivity index (χ0v) is 32.0. The Morgan fingerprint density at radius 1 is 0.898 bits per heavy atom. The van der Waals surface area contributed by atoms with Gasteiger partial charge in [-0.05, 0) is 127 Å². The number of fused-ring (bicyclic) bond motifs is 7. The second kappa shape index (κ2) is 13.2. The number of hydrogen-bond donors (Lipinski definition) is 1. The van der Waals surface area contributed by atoms with Gasteiger partial charge in [0.05, 0.1) is 11.5 Å². The maximum absolute atomic E-state index is 12.0. The van der Waals surface area contributed by atoms with E-state index in [2.05, 4.69) is 94.7 Å². The number of sulfone groups is 1. The molecule has 1 aliphatic heterocycles. The minimum Gasteiger partial charge on any atom is -0.310 e. The number of benzene rings is 1. The van der Waals surface area contributed by atoms with Crippen molar-refractivity contribution in [1.29, 1.82) is 0 Å². The molecule has 5 fully saturated rings. The van der Waals surface area contributed by atoms with E-state index in [0.29, 0.717) is 58.6 Å². The number of allylic oxidation sites excluding steroid dienone is 3. The monoisotopic (exact) mass is 690 g/mol. The summed E-state index contributed by atoms with van der Waals surface area (Å²) in [6.07, 6.45) is 14.7. The van der Waals surface area contributed by atoms with Crippen LogP contribution < -0.4 is 5.32 Å². The van der Waals surface area contributed by atoms with E-state index in [1.54, 1.807) is 5.57 Å². The van der Waals surface area contributed by atoms with Gasteiger partial charge in [0.15, 0.2) is 9.84 Å². The molecule has 0 radical (unpaired) electrons. The molecule has 9 atom stereocenters. The second-order valence-electron chi connectivity index (χ2n) is 18.3. The van der Waals surface area contributed by atoms with Crippen molar-refractivity contribution in [1.82, 2.24) is 10.2 Å². The molecule has 1 saturated heterocycles. The zero-order chi connectivity index (χ0) is 35.5. The molecule has 6 nitrogen and oxygen atoms in total. The SMILES string of the molecule is C=C(C)[C@@H]1CCC2(NCCN3CCS(=O)(=O)CC3)CC[C@]3(C)[C@H](CC[C@@H]4[C@@]5(C)CC=C(c6ccccc6)C(C)(C)[C@@H]5CC[C@]43C)[C@@H]12.O=C=O. The van der Waals surface area contributed by atoms with Crippen LogP contribution in [0.1, 0.15) is 105 Å². The first-order chi connectivity index (χ1) is 23.1. The Balaban J connectivity index is 0.00000134. The van der Waals surface area contributed by atoms with Crippen LogP contribution in [0.3, 0.4) is 0 Å². The van der Waals surface area contributed by atoms with Crippen LogP contribution in [-0.2, 0) is 19.4 Å². The summed E-state index contributed by atoms with van der Waals surface area (Å²) in [7, 11) is -2.84. The highest BCUT2D eigenvalue weighted by Gasteiger charge is 2.70. The van der Waals surface area contributed by atoms with Gasteiger partial charge in [-0.2, -0.15) is 9.59 Å². The van der Waals surface area contributed by atoms with E-state index < -0.39 is 9.84 Å². The summed E-state index contributed by atoms with van der Waals surface area (Å²) >= 11 is 0. The average Bonchev–Trinajstić information content (AvgIpc) is 3.43. The molecule has 1 N–H and O–H groups in total. The Morgan fingerprint density at radius 2 is 1.57 bits per heavy atom. The fraction of sp³-hybridized carbons (Fsp3) is 0.738. The smallest absolute Gasteiger partial charge is 0.310 e. The van der Waals surface area contributed by atoms with Gasteiger partial charge < -0.3 is 10.2 Å². The van der Waals surface area contributed by atoms with Gasteiger partial charge in [-0.25, -0.2) is 8.42 Å². The van der Waals surface area contributed by atoms with Crippen LogP contribution in [-0.4, -0.2) is 62.7 Å². The predicted octanol–water partition coefficient (Wildman–Crippen LogP) is 7.83. The summed E-state index contributed by atoms with van der Waals surface area (Å²) in [5.41, 5.74) is 5.79. The van der Waals surface area contributed by atoms with Crippen LogP contribution in [0.4, 0.5) is 0 Å². The van der Waals surface area contributed by atoms with Gasteiger partial charge in [0, 0.05) is 31.7 Å². The van der Waals surface area contributed by atoms with E-state index >= 15 is 0 Å². The first kappa shape index (κ1) is 36.7. The van der Waals surface area contributed by atoms with Crippen molar-refractivity contribution < 1.29 is 18.0 Å². The Labute approximate surface area is 296 Å². The fourth-order valence-corrected chi connectivity index (χ4v) is 14.9. The maximum Gasteiger partial charge on any atom is 0.373 e. The lowest BCUT2D eigenvalue weighted by Gasteiger charge is -2.72. The summed E-state index contributed by atoms with van der Waals surface area (Å²) < 4.78 is 24.0. The van der Waals surface area contributed by atoms with E-state index in [0.717, 1.165) is 24.9 Å². The van der Waals surface area contributed by atoms with Gasteiger partial charge in [-0.3, -0.25) is 0 Å². The highest BCUT2D eigenvalue weighted by Crippen LogP contribution is 2.76. The predicted molar refractivity (Wildman–Crippen MR) is 197 cm³/mol. The molecule has 6 aliphatic rings. The topological polar surface area (TPSA) is 83.6 Å². The number of hydrogen-bond acceptors (Lipinski definition) is 6. The number of rotatable bonds is 6. The van der Waals surface area contributed by atoms with Crippen LogP contribution >= 0.6 is 0 Å². The third-order valence-corrected chi connectivity index (χ3v) is 17.7. The molecular formula is C42H62N2O4S. The van der Waals surface area contributed by atoms with Crippen molar-refractivity contribution in [2.75, 3.05) is 37.7 Å². The summed E-state index contributed by atoms with van der Waals surface area (Å²) in [4.78, 5) is 18.6. The Morgan fingerprint density at radius 3 is 2.22 bits per heavy atom. The lowest BCUT2D eigenvalue weighted by Crippen LogP contribution is -2.68. The van der Waals surface area contributed by atoms with E-state index in [1.807, 2.05) is 0 Å². The molecule has 7 heteroatoms. The van der Waals surface area contributed by atoms with Gasteiger partial charge >= 0.3 is 6.15 Å². The average molecular weight is 691 g/mol. The first-order valence-electron chi connectivity index (χ1n) is 19.2. The number of nitrogens with zero attached hydrogens (tertiary/aromatic N) is 1. The molecule has 5 aliphatic carbocycles. The first-order valence-corrected chi connectivity index (χ1v) is 21.0. The quantitative estimate of drug-likeness (QED) is 0.307. The van der Waals surface area contributed by atoms with Crippen molar-refractivity contribution >= 4 is 21.6 Å². The fourth-order valence-electron chi connectivity index (χ4n) is 13.6. The van der Waals surface area contributed by atoms with Crippen molar-refractivity contribution in [3.63, 3.8) is 0 Å². The zero-order valence-electron chi connectivity index (χ0n) is 31.2. The van der Waals surface area contributed by atoms with E-state index in [-0.39, 0.29) is 17.1 Å². The van der Waals surface area contributed by atoms with Crippen molar-refractivity contribution in [3.8, 4) is 0 Å². The molecule has 7 rings (SSSR count). The molecule has 0 aromatic heterocycles. The standard InChI is InChI=1S/C41H62N2O2S.CO2/c1-29(2)31-15-20-41(42-23-24-43-25-27-46(44,45)28-26-43)22-21-39(6)33(36(31)41)13-14-35-38(5)18-16-32(30-11-9-8-10-12-30)37(3,4)34(38)17-19-40(35,39)7;2-1-3/h8-12,16,31,33-36,42H,1,13-15,17-28H2,2-7H3;/t31-,33+,34-,35+,36+,38-,39+,40+,41?;/m0./s1. The van der Waals surface area contributed by atoms with E-state index in [9.17, 15) is 8.42 Å². The minimum absolute atomic E-state index is 0.175. The van der Waals surface area contributed by atoms with E-state index in [1.165, 1.54) is 68.9 Å². The van der Waals surface area contributed by atoms with Crippen LogP contribution in [0.2, 0.25) is 0 Å². The largest absolute Gasteiger partial charge is 0.373 e. The molecule has 1 aromatic carbocycles. The molecular weight excluding hydrogens is 629 g/mol. The third kappa shape index (κ3) is 5.97. The number of nitrogens with one attached hydrogen (secondary N) is 1. The maximum atomic E-state index is 12.0. The van der Waals surface area contributed by atoms with Crippen LogP contribution in [0, 0.1) is 51.2 Å². The molecule has 0 amide bonds. The summed E-state index contributed by atoms with van der Waals surface area (Å²) in [6, 6.07) is 11.2. The molecule has 270 valence electrons. The molecule has 1 heterocycles. The molecule has 49 heavy (non-hydrogen) atoms. The van der Waals surface area contributed by atoms with E-state index in [4.69, 9.17) is 9.59 Å². The molecule has 0 bridgehead atoms. The summed E-state index contributed by atoms with van der Waals surface area (Å²) in [5, 5.41) is 4.23. The third-order valence-electron chi connectivity index (χ3n) is 16.1. The van der Waals surface area contributed by atoms with Crippen molar-refractivity contribution in [2.24, 2.45) is 51.2 Å². The summed E-state index contributed by atoms with van der Waals surface area (Å²) in [6.45, 7) is 23.5. The molecule has 4 saturated carbocycles. The Hall–Kier alpha value is -2.05. The second-order valence-corrected chi connectivity index (χ2v) is 20.6. The van der Waals surface area contributed by atoms with Gasteiger partial charge in [0.1, 0.15) is 0 Å². The lowest BCUT2D eigenvalue weighted by atomic mass is 9.33. The van der Waals surface area contributed by atoms with Gasteiger partial charge in [-0.15, -0.1) is 0 Å². The van der Waals surface area contributed by atoms with Crippen molar-refractivity contribution in [3.05, 3.63) is 54.1 Å². The molecule has 0 spiro atoms. The lowest BCUT2D eigenvalue weighted by molar-refractivity contribution is -0.219. The molecule has 1 aromatic rings. The molecule has 1 unspecified atom stereocenters. The van der Waals surface area contributed by atoms with Crippen LogP contribution in [0.25, 0.3) is 5.57 Å². The highest BCUT2D eigenvalue weighted by atomic mass is 32.2. The van der Waals surface area contributed by atoms with Gasteiger partial charge in [-0.1, -0.05) is 83.2 Å². The minimum atomic E-state index is -2.84. The van der Waals surface area contributed by atoms with Gasteiger partial charge in [0.2, 0.25) is 0 Å². The Bertz CT molecular complexity index is 1570. The van der Waals surface area contributed by atoms with Crippen LogP contribution in [0.15, 0.2) is 48.6 Å². The van der Waals surface area contributed by atoms with Crippen LogP contribution in [0.5, 0.6) is 0 Å².